The highest BCUT2D eigenvalue weighted by Gasteiger charge is 2.24. The maximum atomic E-state index is 13.1. The molecule has 0 radical (unpaired) electrons. The molecule has 6 nitrogen and oxygen atoms in total. The van der Waals surface area contributed by atoms with Crippen LogP contribution >= 0.6 is 0 Å². The van der Waals surface area contributed by atoms with Gasteiger partial charge in [0.2, 0.25) is 5.91 Å². The number of carbonyl (C=O) groups is 2. The maximum Gasteiger partial charge on any atom is 0.306 e. The molecule has 3 atom stereocenters. The monoisotopic (exact) mass is 776 g/mol. The van der Waals surface area contributed by atoms with E-state index in [1.165, 1.54) is 128 Å². The van der Waals surface area contributed by atoms with Gasteiger partial charge in [-0.05, 0) is 51.4 Å². The van der Waals surface area contributed by atoms with E-state index >= 15 is 0 Å². The summed E-state index contributed by atoms with van der Waals surface area (Å²) in [6.07, 6.45) is 48.0. The van der Waals surface area contributed by atoms with Crippen LogP contribution in [0.1, 0.15) is 252 Å². The molecule has 0 saturated heterocycles. The Morgan fingerprint density at radius 1 is 0.527 bits per heavy atom. The fourth-order valence-electron chi connectivity index (χ4n) is 7.36. The van der Waals surface area contributed by atoms with E-state index in [-0.39, 0.29) is 24.9 Å². The predicted molar refractivity (Wildman–Crippen MR) is 236 cm³/mol. The molecular weight excluding hydrogens is 683 g/mol. The molecule has 55 heavy (non-hydrogen) atoms. The lowest BCUT2D eigenvalue weighted by atomic mass is 10.0. The van der Waals surface area contributed by atoms with Crippen molar-refractivity contribution in [2.75, 3.05) is 6.61 Å². The molecule has 3 unspecified atom stereocenters. The van der Waals surface area contributed by atoms with Gasteiger partial charge in [0, 0.05) is 6.42 Å². The number of amides is 1. The number of aliphatic hydroxyl groups excluding tert-OH is 2. The Labute approximate surface area is 341 Å². The fourth-order valence-corrected chi connectivity index (χ4v) is 7.36. The van der Waals surface area contributed by atoms with Crippen molar-refractivity contribution in [3.8, 4) is 0 Å². The topological polar surface area (TPSA) is 95.9 Å². The molecule has 0 aliphatic heterocycles. The Morgan fingerprint density at radius 2 is 0.909 bits per heavy atom. The quantitative estimate of drug-likeness (QED) is 0.0326. The standard InChI is InChI=1S/C49H93NO5/c1-4-7-10-13-16-19-22-24-26-28-31-34-37-40-45(55-49(54)42-39-36-33-30-25-21-18-15-12-9-6-3)43-48(53)50-46(44-51)47(52)41-38-35-32-29-27-23-20-17-14-11-8-5-2/h16,19,22,24,45-47,51-52H,4-15,17-18,20-21,23,25-44H2,1-3H3,(H,50,53)/b19-16+,24-22+. The van der Waals surface area contributed by atoms with Gasteiger partial charge in [0.05, 0.1) is 25.2 Å². The number of hydrogen-bond donors (Lipinski definition) is 3. The molecule has 0 spiro atoms. The number of hydrogen-bond acceptors (Lipinski definition) is 5. The highest BCUT2D eigenvalue weighted by Crippen LogP contribution is 2.18. The highest BCUT2D eigenvalue weighted by molar-refractivity contribution is 5.77. The van der Waals surface area contributed by atoms with Gasteiger partial charge < -0.3 is 20.3 Å². The van der Waals surface area contributed by atoms with Crippen molar-refractivity contribution in [1.29, 1.82) is 0 Å². The first-order valence-corrected chi connectivity index (χ1v) is 24.1. The number of nitrogens with one attached hydrogen (secondary N) is 1. The molecule has 0 heterocycles. The highest BCUT2D eigenvalue weighted by atomic mass is 16.5. The van der Waals surface area contributed by atoms with Crippen LogP contribution in [0.5, 0.6) is 0 Å². The second kappa shape index (κ2) is 43.5. The lowest BCUT2D eigenvalue weighted by Gasteiger charge is -2.24. The minimum absolute atomic E-state index is 0.0686. The summed E-state index contributed by atoms with van der Waals surface area (Å²) >= 11 is 0. The summed E-state index contributed by atoms with van der Waals surface area (Å²) in [7, 11) is 0. The number of unbranched alkanes of at least 4 members (excludes halogenated alkanes) is 28. The smallest absolute Gasteiger partial charge is 0.306 e. The first-order valence-electron chi connectivity index (χ1n) is 24.1. The van der Waals surface area contributed by atoms with Crippen LogP contribution in [0.25, 0.3) is 0 Å². The molecule has 0 aromatic heterocycles. The zero-order valence-corrected chi connectivity index (χ0v) is 36.8. The molecule has 1 amide bonds. The SMILES string of the molecule is CCCCC/C=C/C=C/CCCCCCC(CC(=O)NC(CO)C(O)CCCCCCCCCCCCCC)OC(=O)CCCCCCCCCCCCC. The van der Waals surface area contributed by atoms with Gasteiger partial charge >= 0.3 is 5.97 Å². The van der Waals surface area contributed by atoms with E-state index in [0.717, 1.165) is 77.0 Å². The normalized spacial score (nSPS) is 13.5. The molecule has 0 fully saturated rings. The van der Waals surface area contributed by atoms with Gasteiger partial charge in [-0.15, -0.1) is 0 Å². The summed E-state index contributed by atoms with van der Waals surface area (Å²) in [6, 6.07) is -0.702. The van der Waals surface area contributed by atoms with Crippen LogP contribution in [0.15, 0.2) is 24.3 Å². The average molecular weight is 776 g/mol. The summed E-state index contributed by atoms with van der Waals surface area (Å²) in [5, 5.41) is 23.7. The summed E-state index contributed by atoms with van der Waals surface area (Å²) in [5.41, 5.74) is 0. The lowest BCUT2D eigenvalue weighted by molar-refractivity contribution is -0.151. The zero-order chi connectivity index (χ0) is 40.3. The van der Waals surface area contributed by atoms with Crippen molar-refractivity contribution < 1.29 is 24.5 Å². The van der Waals surface area contributed by atoms with E-state index in [2.05, 4.69) is 50.4 Å². The molecule has 0 saturated carbocycles. The molecule has 0 bridgehead atoms. The van der Waals surface area contributed by atoms with Crippen LogP contribution in [0.4, 0.5) is 0 Å². The van der Waals surface area contributed by atoms with Gasteiger partial charge in [-0.3, -0.25) is 9.59 Å². The van der Waals surface area contributed by atoms with Gasteiger partial charge in [-0.2, -0.15) is 0 Å². The largest absolute Gasteiger partial charge is 0.462 e. The molecule has 0 aromatic carbocycles. The number of esters is 1. The molecule has 3 N–H and O–H groups in total. The minimum atomic E-state index is -0.787. The summed E-state index contributed by atoms with van der Waals surface area (Å²) in [5.74, 6) is -0.486. The Kier molecular flexibility index (Phi) is 42.2. The second-order valence-electron chi connectivity index (χ2n) is 16.5. The number of rotatable bonds is 43. The van der Waals surface area contributed by atoms with Gasteiger partial charge in [-0.1, -0.05) is 212 Å². The van der Waals surface area contributed by atoms with E-state index < -0.39 is 18.2 Å². The van der Waals surface area contributed by atoms with Crippen molar-refractivity contribution in [2.24, 2.45) is 0 Å². The van der Waals surface area contributed by atoms with Gasteiger partial charge in [0.25, 0.3) is 0 Å². The Bertz CT molecular complexity index is 873. The molecule has 6 heteroatoms. The Balaban J connectivity index is 4.60. The van der Waals surface area contributed by atoms with E-state index in [1.807, 2.05) is 0 Å². The van der Waals surface area contributed by atoms with E-state index in [1.54, 1.807) is 0 Å². The Hall–Kier alpha value is -1.66. The summed E-state index contributed by atoms with van der Waals surface area (Å²) in [6.45, 7) is 6.44. The van der Waals surface area contributed by atoms with Crippen LogP contribution < -0.4 is 5.32 Å². The van der Waals surface area contributed by atoms with Gasteiger partial charge in [0.1, 0.15) is 6.10 Å². The third-order valence-electron chi connectivity index (χ3n) is 11.1. The summed E-state index contributed by atoms with van der Waals surface area (Å²) in [4.78, 5) is 26.0. The first kappa shape index (κ1) is 53.3. The second-order valence-corrected chi connectivity index (χ2v) is 16.5. The van der Waals surface area contributed by atoms with Crippen molar-refractivity contribution >= 4 is 11.9 Å². The summed E-state index contributed by atoms with van der Waals surface area (Å²) < 4.78 is 5.90. The molecule has 324 valence electrons. The van der Waals surface area contributed by atoms with Crippen molar-refractivity contribution in [3.63, 3.8) is 0 Å². The molecule has 0 rings (SSSR count). The number of ether oxygens (including phenoxy) is 1. The fraction of sp³-hybridized carbons (Fsp3) is 0.878. The molecule has 0 aromatic rings. The predicted octanol–water partition coefficient (Wildman–Crippen LogP) is 14.0. The average Bonchev–Trinajstić information content (AvgIpc) is 3.18. The van der Waals surface area contributed by atoms with Crippen LogP contribution in [-0.2, 0) is 14.3 Å². The van der Waals surface area contributed by atoms with Crippen LogP contribution in [0, 0.1) is 0 Å². The number of carbonyl (C=O) groups excluding carboxylic acids is 2. The zero-order valence-electron chi connectivity index (χ0n) is 36.8. The van der Waals surface area contributed by atoms with Crippen molar-refractivity contribution in [1.82, 2.24) is 5.32 Å². The third kappa shape index (κ3) is 39.0. The minimum Gasteiger partial charge on any atom is -0.462 e. The molecular formula is C49H93NO5. The van der Waals surface area contributed by atoms with E-state index in [4.69, 9.17) is 4.74 Å². The first-order chi connectivity index (χ1) is 27.0. The van der Waals surface area contributed by atoms with Crippen LogP contribution in [0.2, 0.25) is 0 Å². The third-order valence-corrected chi connectivity index (χ3v) is 11.1. The maximum absolute atomic E-state index is 13.1. The van der Waals surface area contributed by atoms with Crippen molar-refractivity contribution in [3.05, 3.63) is 24.3 Å². The van der Waals surface area contributed by atoms with Gasteiger partial charge in [0.15, 0.2) is 0 Å². The number of aliphatic hydroxyl groups is 2. The van der Waals surface area contributed by atoms with E-state index in [9.17, 15) is 19.8 Å². The van der Waals surface area contributed by atoms with Gasteiger partial charge in [-0.25, -0.2) is 0 Å². The van der Waals surface area contributed by atoms with E-state index in [0.29, 0.717) is 19.3 Å². The lowest BCUT2D eigenvalue weighted by Crippen LogP contribution is -2.46. The Morgan fingerprint density at radius 3 is 1.38 bits per heavy atom. The molecule has 0 aliphatic carbocycles. The number of allylic oxidation sites excluding steroid dienone is 4. The van der Waals surface area contributed by atoms with Crippen LogP contribution in [0.3, 0.4) is 0 Å². The molecule has 0 aliphatic rings. The van der Waals surface area contributed by atoms with Crippen molar-refractivity contribution in [2.45, 2.75) is 270 Å². The van der Waals surface area contributed by atoms with Crippen LogP contribution in [-0.4, -0.2) is 46.9 Å².